The molecule has 1 heterocycles. The summed E-state index contributed by atoms with van der Waals surface area (Å²) in [6, 6.07) is 18.5. The van der Waals surface area contributed by atoms with Crippen molar-refractivity contribution >= 4 is 27.3 Å². The van der Waals surface area contributed by atoms with Crippen molar-refractivity contribution in [2.45, 2.75) is 78.1 Å². The number of hydrogen-bond acceptors (Lipinski definition) is 3. The molecule has 3 aromatic carbocycles. The molecular weight excluding hydrogens is 690 g/mol. The molecule has 41 heavy (non-hydrogen) atoms. The van der Waals surface area contributed by atoms with Gasteiger partial charge in [0.2, 0.25) is 0 Å². The second-order valence-corrected chi connectivity index (χ2v) is 11.6. The Kier molecular flexibility index (Phi) is 10.9. The Morgan fingerprint density at radius 1 is 0.902 bits per heavy atom. The number of hydrogen-bond donors (Lipinski definition) is 1. The molecule has 2 aliphatic rings. The van der Waals surface area contributed by atoms with E-state index in [1.54, 1.807) is 18.3 Å². The number of ketones is 1. The molecule has 0 aliphatic heterocycles. The average Bonchev–Trinajstić information content (AvgIpc) is 2.97. The van der Waals surface area contributed by atoms with Crippen LogP contribution in [0.5, 0.6) is 0 Å². The molecule has 0 amide bonds. The second kappa shape index (κ2) is 14.3. The zero-order valence-corrected chi connectivity index (χ0v) is 26.4. The molecule has 0 unspecified atom stereocenters. The monoisotopic (exact) mass is 729 g/mol. The van der Waals surface area contributed by atoms with Crippen LogP contribution in [0.2, 0.25) is 0 Å². The zero-order chi connectivity index (χ0) is 28.1. The van der Waals surface area contributed by atoms with Gasteiger partial charge in [0.05, 0.1) is 5.76 Å². The Morgan fingerprint density at radius 3 is 2.27 bits per heavy atom. The van der Waals surface area contributed by atoms with Crippen LogP contribution >= 0.6 is 0 Å². The van der Waals surface area contributed by atoms with E-state index in [2.05, 4.69) is 30.1 Å². The van der Waals surface area contributed by atoms with Crippen molar-refractivity contribution in [3.05, 3.63) is 89.6 Å². The third kappa shape index (κ3) is 7.50. The Bertz CT molecular complexity index is 1510. The Labute approximate surface area is 256 Å². The largest absolute Gasteiger partial charge is 0.512 e. The first kappa shape index (κ1) is 31.1. The predicted molar refractivity (Wildman–Crippen MR) is 162 cm³/mol. The quantitative estimate of drug-likeness (QED) is 0.0986. The van der Waals surface area contributed by atoms with Gasteiger partial charge in [0.15, 0.2) is 5.78 Å². The van der Waals surface area contributed by atoms with Crippen LogP contribution < -0.4 is 0 Å². The first-order valence-electron chi connectivity index (χ1n) is 14.8. The van der Waals surface area contributed by atoms with Gasteiger partial charge < -0.3 is 10.1 Å². The summed E-state index contributed by atoms with van der Waals surface area (Å²) >= 11 is 0. The fourth-order valence-electron chi connectivity index (χ4n) is 6.39. The minimum Gasteiger partial charge on any atom is -0.512 e. The fraction of sp³-hybridized carbons (Fsp3) is 0.389. The van der Waals surface area contributed by atoms with E-state index in [9.17, 15) is 14.3 Å². The van der Waals surface area contributed by atoms with Gasteiger partial charge in [-0.25, -0.2) is 4.39 Å². The van der Waals surface area contributed by atoms with Gasteiger partial charge in [-0.3, -0.25) is 4.79 Å². The summed E-state index contributed by atoms with van der Waals surface area (Å²) in [6.45, 7) is 4.09. The van der Waals surface area contributed by atoms with Crippen molar-refractivity contribution in [3.63, 3.8) is 0 Å². The van der Waals surface area contributed by atoms with Gasteiger partial charge in [-0.15, -0.1) is 34.9 Å². The van der Waals surface area contributed by atoms with E-state index in [0.717, 1.165) is 58.7 Å². The number of allylic oxidation sites excluding steroid dienone is 2. The van der Waals surface area contributed by atoms with Crippen molar-refractivity contribution in [2.75, 3.05) is 0 Å². The van der Waals surface area contributed by atoms with Crippen molar-refractivity contribution in [1.82, 2.24) is 4.98 Å². The van der Waals surface area contributed by atoms with Gasteiger partial charge >= 0.3 is 0 Å². The smallest absolute Gasteiger partial charge is 0.162 e. The summed E-state index contributed by atoms with van der Waals surface area (Å²) in [6.07, 6.45) is 14.8. The predicted octanol–water partition coefficient (Wildman–Crippen LogP) is 9.77. The average molecular weight is 729 g/mol. The minimum atomic E-state index is -0.205. The third-order valence-electron chi connectivity index (χ3n) is 8.46. The standard InChI is InChI=1S/C21H15FN.C15H24O2.Ir/c1-13-10-14(2)12-16(11-13)21-20-15(8-9-23-21)6-7-17-18(20)4-3-5-19(17)22;16-14(12-7-3-1-4-8-12)11-15(17)13-9-5-2-6-10-13;/h3-11H,1-2H3;11-13,16H,1-10H2;/q-1;;/b;14-11-;. The number of carbonyl (C=O) groups excluding carboxylic acids is 1. The minimum absolute atomic E-state index is 0. The molecule has 2 fully saturated rings. The number of halogens is 1. The molecule has 2 saturated carbocycles. The van der Waals surface area contributed by atoms with Gasteiger partial charge in [-0.05, 0) is 59.7 Å². The molecule has 1 N–H and O–H groups in total. The van der Waals surface area contributed by atoms with E-state index in [1.807, 2.05) is 31.2 Å². The Morgan fingerprint density at radius 2 is 1.59 bits per heavy atom. The first-order chi connectivity index (χ1) is 19.4. The van der Waals surface area contributed by atoms with E-state index in [4.69, 9.17) is 0 Å². The number of nitrogens with zero attached hydrogens (tertiary/aromatic N) is 1. The number of carbonyl (C=O) groups is 1. The van der Waals surface area contributed by atoms with Crippen molar-refractivity contribution in [3.8, 4) is 11.3 Å². The van der Waals surface area contributed by atoms with Crippen LogP contribution in [-0.2, 0) is 24.9 Å². The van der Waals surface area contributed by atoms with Gasteiger partial charge in [-0.1, -0.05) is 76.6 Å². The van der Waals surface area contributed by atoms with Crippen LogP contribution in [0.25, 0.3) is 32.8 Å². The van der Waals surface area contributed by atoms with E-state index < -0.39 is 0 Å². The van der Waals surface area contributed by atoms with E-state index in [1.165, 1.54) is 50.2 Å². The SMILES string of the molecule is Cc1[c-]c(-c2nccc3ccc4c(F)cccc4c23)cc(C)c1.O=C(/C=C(\O)C1CCCCC1)C1CCCCC1.[Ir]. The Balaban J connectivity index is 0.000000193. The molecule has 5 heteroatoms. The number of fused-ring (bicyclic) bond motifs is 3. The summed E-state index contributed by atoms with van der Waals surface area (Å²) in [5.74, 6) is 0.780. The molecule has 2 aliphatic carbocycles. The van der Waals surface area contributed by atoms with Crippen LogP contribution in [0.4, 0.5) is 4.39 Å². The van der Waals surface area contributed by atoms with Crippen LogP contribution in [0.1, 0.15) is 75.3 Å². The third-order valence-corrected chi connectivity index (χ3v) is 8.46. The van der Waals surface area contributed by atoms with Crippen molar-refractivity contribution < 1.29 is 34.4 Å². The summed E-state index contributed by atoms with van der Waals surface area (Å²) in [4.78, 5) is 16.6. The number of aliphatic hydroxyl groups is 1. The molecule has 1 radical (unpaired) electrons. The van der Waals surface area contributed by atoms with Gasteiger partial charge in [0.25, 0.3) is 0 Å². The van der Waals surface area contributed by atoms with Crippen LogP contribution in [0.3, 0.4) is 0 Å². The maximum absolute atomic E-state index is 14.1. The van der Waals surface area contributed by atoms with E-state index >= 15 is 0 Å². The molecule has 0 atom stereocenters. The van der Waals surface area contributed by atoms with Gasteiger partial charge in [-0.2, -0.15) is 0 Å². The van der Waals surface area contributed by atoms with Gasteiger partial charge in [0, 0.05) is 49.6 Å². The second-order valence-electron chi connectivity index (χ2n) is 11.6. The molecule has 1 aromatic heterocycles. The summed E-state index contributed by atoms with van der Waals surface area (Å²) in [5.41, 5.74) is 4.04. The fourth-order valence-corrected chi connectivity index (χ4v) is 6.39. The summed E-state index contributed by atoms with van der Waals surface area (Å²) in [5, 5.41) is 13.6. The van der Waals surface area contributed by atoms with Crippen LogP contribution in [-0.4, -0.2) is 15.9 Å². The van der Waals surface area contributed by atoms with Crippen LogP contribution in [0, 0.1) is 37.6 Å². The normalized spacial score (nSPS) is 16.6. The molecule has 0 spiro atoms. The maximum atomic E-state index is 14.1. The molecule has 3 nitrogen and oxygen atoms in total. The number of aliphatic hydroxyl groups excluding tert-OH is 1. The zero-order valence-electron chi connectivity index (χ0n) is 24.0. The number of aryl methyl sites for hydroxylation is 2. The molecular formula is C36H39FIrNO2-. The molecule has 0 bridgehead atoms. The molecule has 217 valence electrons. The molecule has 4 aromatic rings. The molecule has 0 saturated heterocycles. The number of benzene rings is 3. The first-order valence-corrected chi connectivity index (χ1v) is 14.8. The number of aromatic nitrogens is 1. The van der Waals surface area contributed by atoms with Crippen molar-refractivity contribution in [2.24, 2.45) is 11.8 Å². The van der Waals surface area contributed by atoms with Gasteiger partial charge in [0.1, 0.15) is 5.82 Å². The topological polar surface area (TPSA) is 50.2 Å². The Hall–Kier alpha value is -2.88. The van der Waals surface area contributed by atoms with Crippen LogP contribution in [0.15, 0.2) is 66.6 Å². The maximum Gasteiger partial charge on any atom is 0.162 e. The van der Waals surface area contributed by atoms with Crippen molar-refractivity contribution in [1.29, 1.82) is 0 Å². The summed E-state index contributed by atoms with van der Waals surface area (Å²) in [7, 11) is 0. The number of rotatable bonds is 4. The summed E-state index contributed by atoms with van der Waals surface area (Å²) < 4.78 is 14.1. The van der Waals surface area contributed by atoms with E-state index in [-0.39, 0.29) is 43.5 Å². The molecule has 6 rings (SSSR count). The number of pyridine rings is 1. The van der Waals surface area contributed by atoms with E-state index in [0.29, 0.717) is 11.1 Å².